The third kappa shape index (κ3) is 5.61. The van der Waals surface area contributed by atoms with Crippen molar-refractivity contribution in [3.05, 3.63) is 63.1 Å². The molecule has 0 aliphatic carbocycles. The van der Waals surface area contributed by atoms with Crippen LogP contribution >= 0.6 is 46.3 Å². The van der Waals surface area contributed by atoms with Crippen LogP contribution in [0.3, 0.4) is 0 Å². The first-order chi connectivity index (χ1) is 15.4. The zero-order chi connectivity index (χ0) is 22.7. The number of carbonyl (C=O) groups is 2. The fraction of sp³-hybridized carbons (Fsp3) is 0.273. The highest BCUT2D eigenvalue weighted by Gasteiger charge is 2.34. The topological polar surface area (TPSA) is 75.2 Å². The minimum absolute atomic E-state index is 0.0231. The van der Waals surface area contributed by atoms with Crippen LogP contribution in [0.1, 0.15) is 29.3 Å². The summed E-state index contributed by atoms with van der Waals surface area (Å²) in [4.78, 5) is 27.6. The summed E-state index contributed by atoms with van der Waals surface area (Å²) in [7, 11) is 0. The van der Waals surface area contributed by atoms with Crippen LogP contribution in [0.4, 0.5) is 10.8 Å². The van der Waals surface area contributed by atoms with Crippen molar-refractivity contribution < 1.29 is 9.59 Å². The molecule has 1 aromatic heterocycles. The molecule has 0 bridgehead atoms. The zero-order valence-corrected chi connectivity index (χ0v) is 20.3. The molecule has 1 aliphatic rings. The monoisotopic (exact) mass is 506 g/mol. The summed E-state index contributed by atoms with van der Waals surface area (Å²) < 4.78 is 0. The van der Waals surface area contributed by atoms with Crippen LogP contribution in [0.2, 0.25) is 10.0 Å². The van der Waals surface area contributed by atoms with E-state index < -0.39 is 0 Å². The minimum atomic E-state index is -0.118. The SMILES string of the molecule is Cc1ccc(N2CC(c3nnc(NC(=O)CCSc4ccc(Cl)cc4)s3)CC2=O)cc1Cl. The molecule has 1 atom stereocenters. The second kappa shape index (κ2) is 10.2. The number of nitrogens with zero attached hydrogens (tertiary/aromatic N) is 3. The Morgan fingerprint density at radius 1 is 1.22 bits per heavy atom. The molecule has 3 aromatic rings. The zero-order valence-electron chi connectivity index (χ0n) is 17.2. The lowest BCUT2D eigenvalue weighted by Gasteiger charge is -2.17. The van der Waals surface area contributed by atoms with Gasteiger partial charge in [-0.05, 0) is 48.9 Å². The number of halogens is 2. The predicted molar refractivity (Wildman–Crippen MR) is 131 cm³/mol. The molecular formula is C22H20Cl2N4O2S2. The molecule has 4 rings (SSSR count). The highest BCUT2D eigenvalue weighted by atomic mass is 35.5. The van der Waals surface area contributed by atoms with Crippen LogP contribution < -0.4 is 10.2 Å². The van der Waals surface area contributed by atoms with Gasteiger partial charge in [0.25, 0.3) is 0 Å². The van der Waals surface area contributed by atoms with Crippen molar-refractivity contribution in [2.75, 3.05) is 22.5 Å². The molecule has 1 unspecified atom stereocenters. The van der Waals surface area contributed by atoms with Gasteiger partial charge in [0.1, 0.15) is 5.01 Å². The highest BCUT2D eigenvalue weighted by molar-refractivity contribution is 7.99. The van der Waals surface area contributed by atoms with Crippen LogP contribution in [0.5, 0.6) is 0 Å². The first kappa shape index (κ1) is 23.0. The van der Waals surface area contributed by atoms with E-state index in [9.17, 15) is 9.59 Å². The van der Waals surface area contributed by atoms with E-state index in [4.69, 9.17) is 23.2 Å². The number of aryl methyl sites for hydroxylation is 1. The van der Waals surface area contributed by atoms with Crippen molar-refractivity contribution in [1.82, 2.24) is 10.2 Å². The number of hydrogen-bond donors (Lipinski definition) is 1. The third-order valence-corrected chi connectivity index (χ3v) is 7.71. The number of carbonyl (C=O) groups excluding carboxylic acids is 2. The van der Waals surface area contributed by atoms with Gasteiger partial charge in [0.05, 0.1) is 0 Å². The number of benzene rings is 2. The maximum atomic E-state index is 12.6. The van der Waals surface area contributed by atoms with Crippen LogP contribution in [0.15, 0.2) is 47.4 Å². The molecule has 10 heteroatoms. The van der Waals surface area contributed by atoms with Gasteiger partial charge in [0.15, 0.2) is 0 Å². The molecular weight excluding hydrogens is 487 g/mol. The minimum Gasteiger partial charge on any atom is -0.312 e. The lowest BCUT2D eigenvalue weighted by Crippen LogP contribution is -2.24. The number of rotatable bonds is 7. The van der Waals surface area contributed by atoms with E-state index in [1.165, 1.54) is 11.3 Å². The molecule has 0 radical (unpaired) electrons. The van der Waals surface area contributed by atoms with Gasteiger partial charge >= 0.3 is 0 Å². The number of aromatic nitrogens is 2. The largest absolute Gasteiger partial charge is 0.312 e. The average molecular weight is 507 g/mol. The quantitative estimate of drug-likeness (QED) is 0.410. The smallest absolute Gasteiger partial charge is 0.227 e. The average Bonchev–Trinajstić information content (AvgIpc) is 3.38. The van der Waals surface area contributed by atoms with Crippen LogP contribution in [0, 0.1) is 6.92 Å². The highest BCUT2D eigenvalue weighted by Crippen LogP contribution is 2.35. The standard InChI is InChI=1S/C22H20Cl2N4O2S2/c1-13-2-5-16(11-18(13)24)28-12-14(10-20(28)30)21-26-27-22(32-21)25-19(29)8-9-31-17-6-3-15(23)4-7-17/h2-7,11,14H,8-10,12H2,1H3,(H,25,27,29). The molecule has 1 N–H and O–H groups in total. The molecule has 1 fully saturated rings. The van der Waals surface area contributed by atoms with E-state index in [0.29, 0.717) is 40.3 Å². The maximum Gasteiger partial charge on any atom is 0.227 e. The molecule has 1 aliphatic heterocycles. The van der Waals surface area contributed by atoms with Crippen molar-refractivity contribution in [3.63, 3.8) is 0 Å². The Morgan fingerprint density at radius 2 is 2.00 bits per heavy atom. The van der Waals surface area contributed by atoms with Crippen LogP contribution in [-0.2, 0) is 9.59 Å². The Morgan fingerprint density at radius 3 is 2.75 bits per heavy atom. The van der Waals surface area contributed by atoms with Crippen LogP contribution in [-0.4, -0.2) is 34.3 Å². The molecule has 166 valence electrons. The van der Waals surface area contributed by atoms with Crippen molar-refractivity contribution in [2.45, 2.75) is 30.6 Å². The van der Waals surface area contributed by atoms with Crippen molar-refractivity contribution in [2.24, 2.45) is 0 Å². The maximum absolute atomic E-state index is 12.6. The Hall–Kier alpha value is -2.13. The van der Waals surface area contributed by atoms with Gasteiger partial charge in [-0.25, -0.2) is 0 Å². The summed E-state index contributed by atoms with van der Waals surface area (Å²) in [6.07, 6.45) is 0.706. The second-order valence-electron chi connectivity index (χ2n) is 7.38. The number of nitrogens with one attached hydrogen (secondary N) is 1. The number of thioether (sulfide) groups is 1. The molecule has 32 heavy (non-hydrogen) atoms. The second-order valence-corrected chi connectivity index (χ2v) is 10.4. The first-order valence-corrected chi connectivity index (χ1v) is 12.5. The Bertz CT molecular complexity index is 1140. The Kier molecular flexibility index (Phi) is 7.35. The lowest BCUT2D eigenvalue weighted by molar-refractivity contribution is -0.117. The number of hydrogen-bond acceptors (Lipinski definition) is 6. The van der Waals surface area contributed by atoms with Crippen molar-refractivity contribution in [3.8, 4) is 0 Å². The fourth-order valence-electron chi connectivity index (χ4n) is 3.30. The van der Waals surface area contributed by atoms with Crippen molar-refractivity contribution in [1.29, 1.82) is 0 Å². The van der Waals surface area contributed by atoms with Gasteiger partial charge in [-0.15, -0.1) is 22.0 Å². The molecule has 0 spiro atoms. The number of amides is 2. The molecule has 2 amide bonds. The molecule has 2 heterocycles. The summed E-state index contributed by atoms with van der Waals surface area (Å²) in [5.74, 6) is 0.485. The van der Waals surface area contributed by atoms with Gasteiger partial charge < -0.3 is 10.2 Å². The van der Waals surface area contributed by atoms with Gasteiger partial charge in [0, 0.05) is 51.7 Å². The Balaban J connectivity index is 1.30. The molecule has 6 nitrogen and oxygen atoms in total. The van der Waals surface area contributed by atoms with Crippen molar-refractivity contribution >= 4 is 68.9 Å². The molecule has 0 saturated carbocycles. The fourth-order valence-corrected chi connectivity index (χ4v) is 5.30. The van der Waals surface area contributed by atoms with Gasteiger partial charge in [-0.1, -0.05) is 40.6 Å². The van der Waals surface area contributed by atoms with E-state index in [0.717, 1.165) is 21.2 Å². The first-order valence-electron chi connectivity index (χ1n) is 9.97. The summed E-state index contributed by atoms with van der Waals surface area (Å²) in [6, 6.07) is 13.1. The lowest BCUT2D eigenvalue weighted by atomic mass is 10.1. The van der Waals surface area contributed by atoms with Gasteiger partial charge in [-0.3, -0.25) is 9.59 Å². The van der Waals surface area contributed by atoms with E-state index in [1.54, 1.807) is 16.7 Å². The number of anilines is 2. The van der Waals surface area contributed by atoms with Gasteiger partial charge in [0.2, 0.25) is 16.9 Å². The Labute approximate surface area is 204 Å². The van der Waals surface area contributed by atoms with E-state index in [-0.39, 0.29) is 17.7 Å². The summed E-state index contributed by atoms with van der Waals surface area (Å²) in [6.45, 7) is 2.44. The van der Waals surface area contributed by atoms with E-state index in [2.05, 4.69) is 15.5 Å². The van der Waals surface area contributed by atoms with Gasteiger partial charge in [-0.2, -0.15) is 0 Å². The normalized spacial score (nSPS) is 15.9. The summed E-state index contributed by atoms with van der Waals surface area (Å²) in [5, 5.41) is 13.6. The third-order valence-electron chi connectivity index (χ3n) is 5.04. The van der Waals surface area contributed by atoms with Crippen LogP contribution in [0.25, 0.3) is 0 Å². The van der Waals surface area contributed by atoms with E-state index >= 15 is 0 Å². The predicted octanol–water partition coefficient (Wildman–Crippen LogP) is 5.79. The summed E-state index contributed by atoms with van der Waals surface area (Å²) in [5.41, 5.74) is 1.75. The molecule has 1 saturated heterocycles. The van der Waals surface area contributed by atoms with E-state index in [1.807, 2.05) is 49.4 Å². The summed E-state index contributed by atoms with van der Waals surface area (Å²) >= 11 is 15.0. The molecule has 2 aromatic carbocycles.